The van der Waals surface area contributed by atoms with Gasteiger partial charge in [-0.25, -0.2) is 4.99 Å². The van der Waals surface area contributed by atoms with Crippen LogP contribution in [0.2, 0.25) is 0 Å². The molecule has 0 aliphatic heterocycles. The Labute approximate surface area is 210 Å². The van der Waals surface area contributed by atoms with Crippen LogP contribution in [0.1, 0.15) is 12.8 Å². The zero-order chi connectivity index (χ0) is 25.9. The number of anilines is 2. The number of rotatable bonds is 12. The summed E-state index contributed by atoms with van der Waals surface area (Å²) in [7, 11) is 0. The Morgan fingerprint density at radius 2 is 1.03 bits per heavy atom. The van der Waals surface area contributed by atoms with Gasteiger partial charge in [-0.05, 0) is 48.5 Å². The summed E-state index contributed by atoms with van der Waals surface area (Å²) in [5.74, 6) is -0.204. The van der Waals surface area contributed by atoms with E-state index in [0.717, 1.165) is 11.4 Å². The van der Waals surface area contributed by atoms with Crippen molar-refractivity contribution in [1.29, 1.82) is 5.41 Å². The number of hydrogen-bond donors (Lipinski definition) is 5. The van der Waals surface area contributed by atoms with Crippen LogP contribution in [0.25, 0.3) is 0 Å². The topological polar surface area (TPSA) is 153 Å². The average Bonchev–Trinajstić information content (AvgIpc) is 2.87. The molecule has 36 heavy (non-hydrogen) atoms. The molecule has 1 fully saturated rings. The lowest BCUT2D eigenvalue weighted by molar-refractivity contribution is -0.112. The van der Waals surface area contributed by atoms with Gasteiger partial charge in [0.05, 0.1) is 61.4 Å². The molecule has 5 N–H and O–H groups in total. The molecule has 0 amide bonds. The number of aliphatic hydroxyl groups is 4. The molecule has 2 aromatic carbocycles. The van der Waals surface area contributed by atoms with E-state index in [-0.39, 0.29) is 50.8 Å². The van der Waals surface area contributed by atoms with Crippen molar-refractivity contribution in [3.63, 3.8) is 0 Å². The van der Waals surface area contributed by atoms with Gasteiger partial charge in [-0.1, -0.05) is 0 Å². The van der Waals surface area contributed by atoms with Crippen LogP contribution in [0.5, 0.6) is 0 Å². The second kappa shape index (κ2) is 13.6. The maximum atomic E-state index is 12.6. The van der Waals surface area contributed by atoms with Crippen LogP contribution in [0.15, 0.2) is 58.5 Å². The fraction of sp³-hybridized carbons (Fsp3) is 0.385. The van der Waals surface area contributed by atoms with Gasteiger partial charge in [-0.15, -0.1) is 0 Å². The summed E-state index contributed by atoms with van der Waals surface area (Å²) < 4.78 is 0. The van der Waals surface area contributed by atoms with Crippen LogP contribution in [-0.4, -0.2) is 96.0 Å². The van der Waals surface area contributed by atoms with Crippen molar-refractivity contribution in [2.75, 3.05) is 62.4 Å². The second-order valence-corrected chi connectivity index (χ2v) is 8.27. The molecule has 1 aliphatic carbocycles. The molecule has 0 bridgehead atoms. The van der Waals surface area contributed by atoms with Crippen LogP contribution < -0.4 is 9.80 Å². The number of carbonyl (C=O) groups excluding carboxylic acids is 1. The summed E-state index contributed by atoms with van der Waals surface area (Å²) in [5.41, 5.74) is 3.91. The van der Waals surface area contributed by atoms with Gasteiger partial charge in [-0.2, -0.15) is 0 Å². The third-order valence-corrected chi connectivity index (χ3v) is 5.78. The van der Waals surface area contributed by atoms with Crippen LogP contribution in [-0.2, 0) is 4.79 Å². The molecule has 0 unspecified atom stereocenters. The largest absolute Gasteiger partial charge is 0.395 e. The van der Waals surface area contributed by atoms with Gasteiger partial charge in [0.15, 0.2) is 5.78 Å². The van der Waals surface area contributed by atoms with Gasteiger partial charge in [0.1, 0.15) is 0 Å². The highest BCUT2D eigenvalue weighted by Crippen LogP contribution is 2.24. The number of hydrogen-bond acceptors (Lipinski definition) is 10. The van der Waals surface area contributed by atoms with Crippen molar-refractivity contribution >= 4 is 45.7 Å². The van der Waals surface area contributed by atoms with Crippen molar-refractivity contribution in [3.05, 3.63) is 48.5 Å². The van der Waals surface area contributed by atoms with Gasteiger partial charge < -0.3 is 35.6 Å². The molecule has 3 rings (SSSR count). The zero-order valence-electron chi connectivity index (χ0n) is 20.2. The van der Waals surface area contributed by atoms with Gasteiger partial charge in [0, 0.05) is 44.0 Å². The third kappa shape index (κ3) is 7.28. The SMILES string of the molecule is N=C1CC(=O)C(=Nc2ccc(N(CCO)CCO)cc2)CC1=Nc1ccc(N(CCO)CCO)cc1. The molecule has 0 heterocycles. The molecule has 0 radical (unpaired) electrons. The van der Waals surface area contributed by atoms with Crippen LogP contribution >= 0.6 is 0 Å². The second-order valence-electron chi connectivity index (χ2n) is 8.27. The molecular formula is C26H33N5O5. The maximum Gasteiger partial charge on any atom is 0.183 e. The minimum absolute atomic E-state index is 0.0241. The van der Waals surface area contributed by atoms with Gasteiger partial charge in [-0.3, -0.25) is 9.79 Å². The van der Waals surface area contributed by atoms with E-state index in [2.05, 4.69) is 9.98 Å². The minimum atomic E-state index is -0.204. The molecule has 0 spiro atoms. The highest BCUT2D eigenvalue weighted by atomic mass is 16.3. The van der Waals surface area contributed by atoms with Crippen molar-refractivity contribution in [2.24, 2.45) is 9.98 Å². The Morgan fingerprint density at radius 3 is 1.42 bits per heavy atom. The molecule has 1 aliphatic rings. The fourth-order valence-electron chi connectivity index (χ4n) is 3.95. The predicted molar refractivity (Wildman–Crippen MR) is 142 cm³/mol. The summed E-state index contributed by atoms with van der Waals surface area (Å²) in [6.45, 7) is 1.50. The van der Waals surface area contributed by atoms with Gasteiger partial charge >= 0.3 is 0 Å². The maximum absolute atomic E-state index is 12.6. The van der Waals surface area contributed by atoms with E-state index in [1.54, 1.807) is 24.3 Å². The van der Waals surface area contributed by atoms with E-state index < -0.39 is 0 Å². The Morgan fingerprint density at radius 1 is 0.639 bits per heavy atom. The lowest BCUT2D eigenvalue weighted by Gasteiger charge is -2.23. The number of aliphatic imine (C=N–C) groups is 2. The Kier molecular flexibility index (Phi) is 10.3. The van der Waals surface area contributed by atoms with Crippen molar-refractivity contribution < 1.29 is 25.2 Å². The average molecular weight is 496 g/mol. The first-order chi connectivity index (χ1) is 17.5. The van der Waals surface area contributed by atoms with E-state index in [1.807, 2.05) is 34.1 Å². The first kappa shape index (κ1) is 27.2. The first-order valence-corrected chi connectivity index (χ1v) is 11.9. The molecule has 10 nitrogen and oxygen atoms in total. The minimum Gasteiger partial charge on any atom is -0.395 e. The van der Waals surface area contributed by atoms with Gasteiger partial charge in [0.2, 0.25) is 0 Å². The predicted octanol–water partition coefficient (Wildman–Crippen LogP) is 1.50. The van der Waals surface area contributed by atoms with Gasteiger partial charge in [0.25, 0.3) is 0 Å². The molecule has 0 aromatic heterocycles. The highest BCUT2D eigenvalue weighted by Gasteiger charge is 2.26. The first-order valence-electron chi connectivity index (χ1n) is 11.9. The third-order valence-electron chi connectivity index (χ3n) is 5.78. The quantitative estimate of drug-likeness (QED) is 0.299. The molecular weight excluding hydrogens is 462 g/mol. The monoisotopic (exact) mass is 495 g/mol. The Bertz CT molecular complexity index is 985. The van der Waals surface area contributed by atoms with Crippen LogP contribution in [0.3, 0.4) is 0 Å². The van der Waals surface area contributed by atoms with E-state index >= 15 is 0 Å². The number of carbonyl (C=O) groups is 1. The van der Waals surface area contributed by atoms with E-state index in [1.165, 1.54) is 0 Å². The Hall–Kier alpha value is -3.44. The lowest BCUT2D eigenvalue weighted by atomic mass is 9.93. The molecule has 1 saturated carbocycles. The fourth-order valence-corrected chi connectivity index (χ4v) is 3.95. The number of Topliss-reactive ketones (excluding diaryl/α,β-unsaturated/α-hetero) is 1. The Balaban J connectivity index is 1.77. The normalized spacial score (nSPS) is 16.1. The number of benzene rings is 2. The highest BCUT2D eigenvalue weighted by molar-refractivity contribution is 6.61. The van der Waals surface area contributed by atoms with Crippen molar-refractivity contribution in [1.82, 2.24) is 0 Å². The van der Waals surface area contributed by atoms with Crippen molar-refractivity contribution in [3.8, 4) is 0 Å². The standard InChI is InChI=1S/C26H33N5O5/c27-23-17-26(36)25(29-20-3-7-22(8-4-20)31(11-15-34)12-16-35)18-24(23)28-19-1-5-21(6-2-19)30(9-13-32)10-14-33/h1-8,27,32-35H,9-18H2. The number of aliphatic hydroxyl groups excluding tert-OH is 4. The van der Waals surface area contributed by atoms with Crippen molar-refractivity contribution in [2.45, 2.75) is 12.8 Å². The van der Waals surface area contributed by atoms with Crippen LogP contribution in [0, 0.1) is 5.41 Å². The number of nitrogens with zero attached hydrogens (tertiary/aromatic N) is 4. The van der Waals surface area contributed by atoms with Crippen LogP contribution in [0.4, 0.5) is 22.7 Å². The van der Waals surface area contributed by atoms with E-state index in [4.69, 9.17) is 5.41 Å². The summed E-state index contributed by atoms with van der Waals surface area (Å²) in [5, 5.41) is 45.2. The molecule has 192 valence electrons. The molecule has 0 saturated heterocycles. The molecule has 0 atom stereocenters. The summed E-state index contributed by atoms with van der Waals surface area (Å²) >= 11 is 0. The van der Waals surface area contributed by atoms with E-state index in [0.29, 0.717) is 49.0 Å². The lowest BCUT2D eigenvalue weighted by Crippen LogP contribution is -2.32. The van der Waals surface area contributed by atoms with E-state index in [9.17, 15) is 25.2 Å². The summed E-state index contributed by atoms with van der Waals surface area (Å²) in [4.78, 5) is 25.4. The summed E-state index contributed by atoms with van der Waals surface area (Å²) in [6, 6.07) is 14.5. The molecule has 2 aromatic rings. The number of ketones is 1. The number of nitrogens with one attached hydrogen (secondary N) is 1. The summed E-state index contributed by atoms with van der Waals surface area (Å²) in [6.07, 6.45) is 0.0961. The smallest absolute Gasteiger partial charge is 0.183 e. The molecule has 10 heteroatoms. The zero-order valence-corrected chi connectivity index (χ0v) is 20.2.